The molecule has 0 bridgehead atoms. The zero-order chi connectivity index (χ0) is 17.5. The van der Waals surface area contributed by atoms with Gasteiger partial charge in [0.2, 0.25) is 0 Å². The van der Waals surface area contributed by atoms with Gasteiger partial charge in [-0.1, -0.05) is 11.6 Å². The van der Waals surface area contributed by atoms with Crippen LogP contribution in [0, 0.1) is 5.82 Å². The summed E-state index contributed by atoms with van der Waals surface area (Å²) in [4.78, 5) is 1.95. The number of halogens is 2. The van der Waals surface area contributed by atoms with Crippen molar-refractivity contribution in [1.29, 1.82) is 0 Å². The lowest BCUT2D eigenvalue weighted by Crippen LogP contribution is -2.32. The maximum atomic E-state index is 12.8. The average molecular weight is 354 g/mol. The van der Waals surface area contributed by atoms with Gasteiger partial charge in [0.05, 0.1) is 7.11 Å². The predicted molar refractivity (Wildman–Crippen MR) is 92.2 cm³/mol. The standard InChI is InChI=1S/C18H21ClFNO3/c1-21(10-13-9-14(19)3-8-18(13)23-2)11-16(22)12-24-17-6-4-15(20)5-7-17/h3-9,16,22H,10-12H2,1-2H3. The molecular formula is C18H21ClFNO3. The van der Waals surface area contributed by atoms with Gasteiger partial charge in [-0.25, -0.2) is 4.39 Å². The summed E-state index contributed by atoms with van der Waals surface area (Å²) in [6.07, 6.45) is -0.676. The van der Waals surface area contributed by atoms with Gasteiger partial charge in [0, 0.05) is 23.7 Å². The molecule has 0 aliphatic heterocycles. The minimum atomic E-state index is -0.676. The van der Waals surface area contributed by atoms with Crippen LogP contribution in [-0.4, -0.2) is 43.4 Å². The molecule has 0 spiro atoms. The van der Waals surface area contributed by atoms with Gasteiger partial charge in [0.15, 0.2) is 0 Å². The van der Waals surface area contributed by atoms with Gasteiger partial charge >= 0.3 is 0 Å². The Balaban J connectivity index is 1.84. The van der Waals surface area contributed by atoms with Crippen molar-refractivity contribution in [2.45, 2.75) is 12.6 Å². The Morgan fingerprint density at radius 2 is 1.92 bits per heavy atom. The van der Waals surface area contributed by atoms with Crippen molar-refractivity contribution in [3.05, 3.63) is 58.9 Å². The summed E-state index contributed by atoms with van der Waals surface area (Å²) in [6, 6.07) is 11.1. The van der Waals surface area contributed by atoms with Crippen LogP contribution in [-0.2, 0) is 6.54 Å². The van der Waals surface area contributed by atoms with Gasteiger partial charge < -0.3 is 14.6 Å². The Bertz CT molecular complexity index is 651. The lowest BCUT2D eigenvalue weighted by Gasteiger charge is -2.22. The van der Waals surface area contributed by atoms with Crippen molar-refractivity contribution in [2.24, 2.45) is 0 Å². The number of likely N-dealkylation sites (N-methyl/N-ethyl adjacent to an activating group) is 1. The highest BCUT2D eigenvalue weighted by Crippen LogP contribution is 2.23. The Morgan fingerprint density at radius 3 is 2.58 bits per heavy atom. The van der Waals surface area contributed by atoms with Crippen LogP contribution in [0.25, 0.3) is 0 Å². The second kappa shape index (κ2) is 8.87. The zero-order valence-electron chi connectivity index (χ0n) is 13.7. The second-order valence-corrected chi connectivity index (χ2v) is 6.01. The Kier molecular flexibility index (Phi) is 6.85. The third kappa shape index (κ3) is 5.67. The van der Waals surface area contributed by atoms with Crippen LogP contribution in [0.2, 0.25) is 5.02 Å². The number of nitrogens with zero attached hydrogens (tertiary/aromatic N) is 1. The molecule has 0 aromatic heterocycles. The molecule has 2 aromatic carbocycles. The highest BCUT2D eigenvalue weighted by Gasteiger charge is 2.12. The topological polar surface area (TPSA) is 41.9 Å². The van der Waals surface area contributed by atoms with E-state index >= 15 is 0 Å². The van der Waals surface area contributed by atoms with Crippen LogP contribution in [0.4, 0.5) is 4.39 Å². The summed E-state index contributed by atoms with van der Waals surface area (Å²) >= 11 is 6.02. The monoisotopic (exact) mass is 353 g/mol. The highest BCUT2D eigenvalue weighted by atomic mass is 35.5. The van der Waals surface area contributed by atoms with E-state index in [1.54, 1.807) is 13.2 Å². The van der Waals surface area contributed by atoms with Crippen molar-refractivity contribution in [3.8, 4) is 11.5 Å². The first-order valence-electron chi connectivity index (χ1n) is 7.55. The second-order valence-electron chi connectivity index (χ2n) is 5.57. The summed E-state index contributed by atoms with van der Waals surface area (Å²) in [5.41, 5.74) is 0.944. The van der Waals surface area contributed by atoms with E-state index in [0.29, 0.717) is 23.9 Å². The summed E-state index contributed by atoms with van der Waals surface area (Å²) in [6.45, 7) is 1.12. The van der Waals surface area contributed by atoms with Crippen molar-refractivity contribution in [3.63, 3.8) is 0 Å². The third-order valence-corrected chi connectivity index (χ3v) is 3.70. The minimum Gasteiger partial charge on any atom is -0.496 e. The molecule has 24 heavy (non-hydrogen) atoms. The predicted octanol–water partition coefficient (Wildman–Crippen LogP) is 3.36. The highest BCUT2D eigenvalue weighted by molar-refractivity contribution is 6.30. The lowest BCUT2D eigenvalue weighted by atomic mass is 10.2. The van der Waals surface area contributed by atoms with Crippen molar-refractivity contribution >= 4 is 11.6 Å². The van der Waals surface area contributed by atoms with E-state index in [2.05, 4.69) is 0 Å². The third-order valence-electron chi connectivity index (χ3n) is 3.46. The largest absolute Gasteiger partial charge is 0.496 e. The van der Waals surface area contributed by atoms with E-state index in [4.69, 9.17) is 21.1 Å². The van der Waals surface area contributed by atoms with E-state index in [9.17, 15) is 9.50 Å². The van der Waals surface area contributed by atoms with Crippen LogP contribution < -0.4 is 9.47 Å². The van der Waals surface area contributed by atoms with Crippen molar-refractivity contribution < 1.29 is 19.0 Å². The molecule has 1 atom stereocenters. The minimum absolute atomic E-state index is 0.128. The maximum Gasteiger partial charge on any atom is 0.123 e. The Labute approximate surface area is 146 Å². The normalized spacial score (nSPS) is 12.2. The van der Waals surface area contributed by atoms with Gasteiger partial charge in [-0.15, -0.1) is 0 Å². The Morgan fingerprint density at radius 1 is 1.21 bits per heavy atom. The van der Waals surface area contributed by atoms with Crippen molar-refractivity contribution in [2.75, 3.05) is 27.3 Å². The first-order chi connectivity index (χ1) is 11.5. The smallest absolute Gasteiger partial charge is 0.123 e. The molecule has 0 aliphatic carbocycles. The van der Waals surface area contributed by atoms with E-state index in [0.717, 1.165) is 11.3 Å². The molecule has 0 fully saturated rings. The molecule has 0 saturated carbocycles. The van der Waals surface area contributed by atoms with Gasteiger partial charge in [-0.3, -0.25) is 4.90 Å². The molecule has 1 unspecified atom stereocenters. The van der Waals surface area contributed by atoms with Crippen LogP contribution in [0.5, 0.6) is 11.5 Å². The van der Waals surface area contributed by atoms with Crippen LogP contribution >= 0.6 is 11.6 Å². The SMILES string of the molecule is COc1ccc(Cl)cc1CN(C)CC(O)COc1ccc(F)cc1. The molecular weight excluding hydrogens is 333 g/mol. The lowest BCUT2D eigenvalue weighted by molar-refractivity contribution is 0.0741. The number of aliphatic hydroxyl groups is 1. The van der Waals surface area contributed by atoms with Gasteiger partial charge in [0.1, 0.15) is 30.0 Å². The van der Waals surface area contributed by atoms with E-state index in [1.165, 1.54) is 24.3 Å². The summed E-state index contributed by atoms with van der Waals surface area (Å²) < 4.78 is 23.6. The fourth-order valence-electron chi connectivity index (χ4n) is 2.36. The molecule has 130 valence electrons. The fraction of sp³-hybridized carbons (Fsp3) is 0.333. The number of methoxy groups -OCH3 is 1. The van der Waals surface area contributed by atoms with E-state index < -0.39 is 6.10 Å². The summed E-state index contributed by atoms with van der Waals surface area (Å²) in [5.74, 6) is 0.955. The van der Waals surface area contributed by atoms with Crippen LogP contribution in [0.1, 0.15) is 5.56 Å². The molecule has 0 saturated heterocycles. The Hall–Kier alpha value is -1.82. The first-order valence-corrected chi connectivity index (χ1v) is 7.93. The number of rotatable bonds is 8. The molecule has 4 nitrogen and oxygen atoms in total. The molecule has 1 N–H and O–H groups in total. The van der Waals surface area contributed by atoms with Gasteiger partial charge in [-0.2, -0.15) is 0 Å². The van der Waals surface area contributed by atoms with Gasteiger partial charge in [0.25, 0.3) is 0 Å². The molecule has 2 rings (SSSR count). The molecule has 0 aliphatic rings. The molecule has 0 radical (unpaired) electrons. The summed E-state index contributed by atoms with van der Waals surface area (Å²) in [7, 11) is 3.50. The fourth-order valence-corrected chi connectivity index (χ4v) is 2.56. The maximum absolute atomic E-state index is 12.8. The quantitative estimate of drug-likeness (QED) is 0.790. The molecule has 2 aromatic rings. The first kappa shape index (κ1) is 18.5. The zero-order valence-corrected chi connectivity index (χ0v) is 14.5. The molecule has 0 heterocycles. The van der Waals surface area contributed by atoms with Gasteiger partial charge in [-0.05, 0) is 49.5 Å². The summed E-state index contributed by atoms with van der Waals surface area (Å²) in [5, 5.41) is 10.7. The number of ether oxygens (including phenoxy) is 2. The number of aliphatic hydroxyl groups excluding tert-OH is 1. The molecule has 6 heteroatoms. The molecule has 0 amide bonds. The average Bonchev–Trinajstić information content (AvgIpc) is 2.54. The number of benzene rings is 2. The van der Waals surface area contributed by atoms with Crippen LogP contribution in [0.3, 0.4) is 0 Å². The van der Waals surface area contributed by atoms with Crippen LogP contribution in [0.15, 0.2) is 42.5 Å². The van der Waals surface area contributed by atoms with E-state index in [1.807, 2.05) is 24.1 Å². The number of hydrogen-bond donors (Lipinski definition) is 1. The van der Waals surface area contributed by atoms with Crippen molar-refractivity contribution in [1.82, 2.24) is 4.90 Å². The van der Waals surface area contributed by atoms with E-state index in [-0.39, 0.29) is 12.4 Å². The number of hydrogen-bond acceptors (Lipinski definition) is 4.